The van der Waals surface area contributed by atoms with Crippen LogP contribution in [0, 0.1) is 0 Å². The smallest absolute Gasteiger partial charge is 0.151 e. The molecule has 1 N–H and O–H groups in total. The van der Waals surface area contributed by atoms with Gasteiger partial charge >= 0.3 is 0 Å². The number of hydrogen-bond donors (Lipinski definition) is 1. The van der Waals surface area contributed by atoms with E-state index in [1.807, 2.05) is 12.1 Å². The van der Waals surface area contributed by atoms with Gasteiger partial charge in [0.2, 0.25) is 0 Å². The maximum Gasteiger partial charge on any atom is 0.151 e. The number of hydrogen-bond acceptors (Lipinski definition) is 3. The summed E-state index contributed by atoms with van der Waals surface area (Å²) >= 11 is 1.25. The first kappa shape index (κ1) is 8.30. The predicted octanol–water partition coefficient (Wildman–Crippen LogP) is 1.54. The molecule has 0 aliphatic rings. The Hall–Kier alpha value is -0.800. The van der Waals surface area contributed by atoms with Crippen molar-refractivity contribution in [2.24, 2.45) is 0 Å². The molecule has 0 unspecified atom stereocenters. The molecule has 0 atom stereocenters. The van der Waals surface area contributed by atoms with Gasteiger partial charge in [-0.2, -0.15) is 0 Å². The van der Waals surface area contributed by atoms with Crippen LogP contribution >= 0.6 is 11.8 Å². The first-order valence-electron chi connectivity index (χ1n) is 3.16. The lowest BCUT2D eigenvalue weighted by Crippen LogP contribution is -1.84. The SMILES string of the molecule is O=Cc1ccccc1SCO. The number of aliphatic hydroxyl groups excluding tert-OH is 1. The van der Waals surface area contributed by atoms with Crippen LogP contribution in [-0.2, 0) is 0 Å². The second-order valence-corrected chi connectivity index (χ2v) is 2.92. The van der Waals surface area contributed by atoms with Crippen molar-refractivity contribution in [3.8, 4) is 0 Å². The van der Waals surface area contributed by atoms with E-state index in [2.05, 4.69) is 0 Å². The fraction of sp³-hybridized carbons (Fsp3) is 0.125. The van der Waals surface area contributed by atoms with Crippen LogP contribution in [0.1, 0.15) is 10.4 Å². The van der Waals surface area contributed by atoms with Crippen LogP contribution in [0.2, 0.25) is 0 Å². The second-order valence-electron chi connectivity index (χ2n) is 1.93. The predicted molar refractivity (Wildman–Crippen MR) is 44.8 cm³/mol. The summed E-state index contributed by atoms with van der Waals surface area (Å²) in [7, 11) is 0. The number of rotatable bonds is 3. The second kappa shape index (κ2) is 4.16. The summed E-state index contributed by atoms with van der Waals surface area (Å²) < 4.78 is 0. The highest BCUT2D eigenvalue weighted by Crippen LogP contribution is 2.19. The van der Waals surface area contributed by atoms with E-state index in [4.69, 9.17) is 5.11 Å². The van der Waals surface area contributed by atoms with Crippen LogP contribution in [0.4, 0.5) is 0 Å². The Morgan fingerprint density at radius 1 is 1.45 bits per heavy atom. The molecule has 0 fully saturated rings. The molecule has 1 aromatic rings. The van der Waals surface area contributed by atoms with Gasteiger partial charge < -0.3 is 5.11 Å². The Morgan fingerprint density at radius 3 is 2.82 bits per heavy atom. The summed E-state index contributed by atoms with van der Waals surface area (Å²) in [5.41, 5.74) is 0.631. The van der Waals surface area contributed by atoms with E-state index >= 15 is 0 Å². The first-order chi connectivity index (χ1) is 5.38. The zero-order valence-electron chi connectivity index (χ0n) is 5.86. The summed E-state index contributed by atoms with van der Waals surface area (Å²) in [4.78, 5) is 11.2. The monoisotopic (exact) mass is 168 g/mol. The van der Waals surface area contributed by atoms with Crippen molar-refractivity contribution < 1.29 is 9.90 Å². The van der Waals surface area contributed by atoms with Crippen LogP contribution in [0.5, 0.6) is 0 Å². The molecular formula is C8H8O2S. The molecule has 58 valence electrons. The minimum absolute atomic E-state index is 0.00481. The van der Waals surface area contributed by atoms with Crippen molar-refractivity contribution in [3.05, 3.63) is 29.8 Å². The molecule has 0 aromatic heterocycles. The number of carbonyl (C=O) groups is 1. The summed E-state index contributed by atoms with van der Waals surface area (Å²) in [5.74, 6) is 0.00481. The summed E-state index contributed by atoms with van der Waals surface area (Å²) in [6.07, 6.45) is 0.790. The lowest BCUT2D eigenvalue weighted by Gasteiger charge is -1.99. The van der Waals surface area contributed by atoms with Crippen molar-refractivity contribution in [1.29, 1.82) is 0 Å². The quantitative estimate of drug-likeness (QED) is 0.422. The highest BCUT2D eigenvalue weighted by Gasteiger charge is 1.98. The molecule has 2 nitrogen and oxygen atoms in total. The fourth-order valence-corrected chi connectivity index (χ4v) is 1.38. The zero-order chi connectivity index (χ0) is 8.10. The van der Waals surface area contributed by atoms with Crippen LogP contribution in [-0.4, -0.2) is 17.3 Å². The molecule has 0 saturated carbocycles. The molecule has 0 spiro atoms. The van der Waals surface area contributed by atoms with Crippen LogP contribution in [0.25, 0.3) is 0 Å². The lowest BCUT2D eigenvalue weighted by atomic mass is 10.2. The van der Waals surface area contributed by atoms with E-state index < -0.39 is 0 Å². The van der Waals surface area contributed by atoms with Crippen molar-refractivity contribution >= 4 is 18.0 Å². The molecule has 0 amide bonds. The first-order valence-corrected chi connectivity index (χ1v) is 4.15. The molecule has 0 aliphatic heterocycles. The largest absolute Gasteiger partial charge is 0.385 e. The van der Waals surface area contributed by atoms with Gasteiger partial charge in [-0.25, -0.2) is 0 Å². The van der Waals surface area contributed by atoms with Crippen molar-refractivity contribution in [2.45, 2.75) is 4.90 Å². The van der Waals surface area contributed by atoms with Gasteiger partial charge in [-0.3, -0.25) is 4.79 Å². The standard InChI is InChI=1S/C8H8O2S/c9-5-7-3-1-2-4-8(7)11-6-10/h1-5,10H,6H2. The number of aliphatic hydroxyl groups is 1. The van der Waals surface area contributed by atoms with Gasteiger partial charge in [0.05, 0.1) is 5.94 Å². The highest BCUT2D eigenvalue weighted by molar-refractivity contribution is 7.99. The fourth-order valence-electron chi connectivity index (χ4n) is 0.779. The Balaban J connectivity index is 2.92. The number of benzene rings is 1. The molecule has 1 aromatic carbocycles. The average Bonchev–Trinajstić information content (AvgIpc) is 2.06. The number of thioether (sulfide) groups is 1. The number of aldehydes is 1. The molecule has 0 heterocycles. The molecule has 3 heteroatoms. The van der Waals surface area contributed by atoms with E-state index in [9.17, 15) is 4.79 Å². The van der Waals surface area contributed by atoms with Gasteiger partial charge in [0.25, 0.3) is 0 Å². The van der Waals surface area contributed by atoms with E-state index in [0.717, 1.165) is 11.2 Å². The molecule has 0 radical (unpaired) electrons. The van der Waals surface area contributed by atoms with Crippen LogP contribution in [0.15, 0.2) is 29.2 Å². The Morgan fingerprint density at radius 2 is 2.18 bits per heavy atom. The third-order valence-corrected chi connectivity index (χ3v) is 2.08. The van der Waals surface area contributed by atoms with E-state index in [0.29, 0.717) is 5.56 Å². The van der Waals surface area contributed by atoms with E-state index in [1.165, 1.54) is 11.8 Å². The van der Waals surface area contributed by atoms with Gasteiger partial charge in [-0.1, -0.05) is 30.0 Å². The molecule has 0 aliphatic carbocycles. The van der Waals surface area contributed by atoms with E-state index in [-0.39, 0.29) is 5.94 Å². The Kier molecular flexibility index (Phi) is 3.14. The molecule has 0 saturated heterocycles. The number of carbonyl (C=O) groups excluding carboxylic acids is 1. The molecule has 0 bridgehead atoms. The van der Waals surface area contributed by atoms with Gasteiger partial charge in [0.15, 0.2) is 6.29 Å². The molecule has 11 heavy (non-hydrogen) atoms. The average molecular weight is 168 g/mol. The Labute approximate surface area is 69.2 Å². The normalized spacial score (nSPS) is 9.55. The summed E-state index contributed by atoms with van der Waals surface area (Å²) in [6.45, 7) is 0. The van der Waals surface area contributed by atoms with Gasteiger partial charge in [0.1, 0.15) is 0 Å². The lowest BCUT2D eigenvalue weighted by molar-refractivity contribution is 0.112. The maximum atomic E-state index is 10.4. The van der Waals surface area contributed by atoms with Crippen molar-refractivity contribution in [1.82, 2.24) is 0 Å². The minimum atomic E-state index is 0.00481. The molecule has 1 rings (SSSR count). The third-order valence-electron chi connectivity index (χ3n) is 1.27. The topological polar surface area (TPSA) is 37.3 Å². The van der Waals surface area contributed by atoms with Crippen LogP contribution in [0.3, 0.4) is 0 Å². The summed E-state index contributed by atoms with van der Waals surface area (Å²) in [5, 5.41) is 8.59. The highest BCUT2D eigenvalue weighted by atomic mass is 32.2. The van der Waals surface area contributed by atoms with Gasteiger partial charge in [-0.05, 0) is 6.07 Å². The zero-order valence-corrected chi connectivity index (χ0v) is 6.67. The van der Waals surface area contributed by atoms with Crippen molar-refractivity contribution in [2.75, 3.05) is 5.94 Å². The maximum absolute atomic E-state index is 10.4. The van der Waals surface area contributed by atoms with Gasteiger partial charge in [-0.15, -0.1) is 0 Å². The minimum Gasteiger partial charge on any atom is -0.385 e. The van der Waals surface area contributed by atoms with Gasteiger partial charge in [0, 0.05) is 10.5 Å². The van der Waals surface area contributed by atoms with Crippen molar-refractivity contribution in [3.63, 3.8) is 0 Å². The molecular weight excluding hydrogens is 160 g/mol. The van der Waals surface area contributed by atoms with E-state index in [1.54, 1.807) is 12.1 Å². The third kappa shape index (κ3) is 2.06. The van der Waals surface area contributed by atoms with Crippen LogP contribution < -0.4 is 0 Å². The Bertz CT molecular complexity index is 248. The summed E-state index contributed by atoms with van der Waals surface area (Å²) in [6, 6.07) is 7.17.